The molecule has 0 radical (unpaired) electrons. The highest BCUT2D eigenvalue weighted by Crippen LogP contribution is 2.16. The van der Waals surface area contributed by atoms with Gasteiger partial charge in [0.25, 0.3) is 5.91 Å². The van der Waals surface area contributed by atoms with E-state index in [9.17, 15) is 18.4 Å². The van der Waals surface area contributed by atoms with E-state index in [-0.39, 0.29) is 17.1 Å². The van der Waals surface area contributed by atoms with Gasteiger partial charge in [-0.15, -0.1) is 0 Å². The molecular weight excluding hydrogens is 256 g/mol. The predicted octanol–water partition coefficient (Wildman–Crippen LogP) is 2.06. The monoisotopic (exact) mass is 265 g/mol. The van der Waals surface area contributed by atoms with Crippen LogP contribution in [0.4, 0.5) is 14.6 Å². The van der Waals surface area contributed by atoms with Crippen LogP contribution in [0.3, 0.4) is 0 Å². The van der Waals surface area contributed by atoms with E-state index in [0.29, 0.717) is 11.8 Å². The van der Waals surface area contributed by atoms with Crippen LogP contribution in [0.5, 0.6) is 0 Å². The molecule has 0 aliphatic carbocycles. The summed E-state index contributed by atoms with van der Waals surface area (Å²) >= 11 is 0. The SMILES string of the molecule is Cc1cc(F)c(F)cc1C(=O)Nc1cc(C=O)[nH]n1. The van der Waals surface area contributed by atoms with Crippen molar-refractivity contribution in [1.82, 2.24) is 10.2 Å². The molecule has 0 aliphatic rings. The minimum Gasteiger partial charge on any atom is -0.305 e. The zero-order valence-corrected chi connectivity index (χ0v) is 9.83. The number of aryl methyl sites for hydroxylation is 1. The van der Waals surface area contributed by atoms with Crippen molar-refractivity contribution in [2.24, 2.45) is 0 Å². The summed E-state index contributed by atoms with van der Waals surface area (Å²) in [4.78, 5) is 22.3. The fourth-order valence-corrected chi connectivity index (χ4v) is 1.54. The average molecular weight is 265 g/mol. The van der Waals surface area contributed by atoms with Crippen LogP contribution in [0.1, 0.15) is 26.4 Å². The Bertz CT molecular complexity index is 652. The largest absolute Gasteiger partial charge is 0.305 e. The van der Waals surface area contributed by atoms with Crippen LogP contribution in [0.15, 0.2) is 18.2 Å². The molecule has 2 rings (SSSR count). The van der Waals surface area contributed by atoms with Crippen LogP contribution in [0.25, 0.3) is 0 Å². The van der Waals surface area contributed by atoms with E-state index in [4.69, 9.17) is 0 Å². The Morgan fingerprint density at radius 3 is 2.63 bits per heavy atom. The number of carbonyl (C=O) groups is 2. The van der Waals surface area contributed by atoms with E-state index in [1.54, 1.807) is 0 Å². The third-order valence-corrected chi connectivity index (χ3v) is 2.48. The lowest BCUT2D eigenvalue weighted by Gasteiger charge is -2.06. The molecule has 2 aromatic rings. The molecule has 0 aliphatic heterocycles. The van der Waals surface area contributed by atoms with Crippen molar-refractivity contribution in [2.45, 2.75) is 6.92 Å². The Kier molecular flexibility index (Phi) is 3.37. The third-order valence-electron chi connectivity index (χ3n) is 2.48. The number of nitrogens with one attached hydrogen (secondary N) is 2. The van der Waals surface area contributed by atoms with Crippen LogP contribution in [0.2, 0.25) is 0 Å². The minimum atomic E-state index is -1.11. The number of halogens is 2. The Balaban J connectivity index is 2.24. The van der Waals surface area contributed by atoms with Crippen molar-refractivity contribution in [1.29, 1.82) is 0 Å². The lowest BCUT2D eigenvalue weighted by Crippen LogP contribution is -2.14. The Hall–Kier alpha value is -2.57. The van der Waals surface area contributed by atoms with Crippen LogP contribution < -0.4 is 5.32 Å². The molecule has 98 valence electrons. The Morgan fingerprint density at radius 2 is 2.00 bits per heavy atom. The summed E-state index contributed by atoms with van der Waals surface area (Å²) in [5.41, 5.74) is 0.481. The fourth-order valence-electron chi connectivity index (χ4n) is 1.54. The lowest BCUT2D eigenvalue weighted by molar-refractivity contribution is 0.102. The number of nitrogens with zero attached hydrogens (tertiary/aromatic N) is 1. The van der Waals surface area contributed by atoms with Gasteiger partial charge in [0.2, 0.25) is 0 Å². The highest BCUT2D eigenvalue weighted by Gasteiger charge is 2.14. The molecular formula is C12H9F2N3O2. The molecule has 0 atom stereocenters. The van der Waals surface area contributed by atoms with Gasteiger partial charge in [-0.25, -0.2) is 8.78 Å². The van der Waals surface area contributed by atoms with Gasteiger partial charge < -0.3 is 5.32 Å². The van der Waals surface area contributed by atoms with Crippen molar-refractivity contribution in [2.75, 3.05) is 5.32 Å². The van der Waals surface area contributed by atoms with Crippen molar-refractivity contribution in [3.05, 3.63) is 46.7 Å². The van der Waals surface area contributed by atoms with E-state index in [0.717, 1.165) is 12.1 Å². The van der Waals surface area contributed by atoms with Crippen LogP contribution >= 0.6 is 0 Å². The first kappa shape index (κ1) is 12.9. The Morgan fingerprint density at radius 1 is 1.32 bits per heavy atom. The summed E-state index contributed by atoms with van der Waals surface area (Å²) in [7, 11) is 0. The second kappa shape index (κ2) is 4.97. The van der Waals surface area contributed by atoms with Gasteiger partial charge in [-0.3, -0.25) is 14.7 Å². The molecule has 1 aromatic carbocycles. The molecule has 0 unspecified atom stereocenters. The summed E-state index contributed by atoms with van der Waals surface area (Å²) in [6.07, 6.45) is 0.533. The first-order valence-electron chi connectivity index (χ1n) is 5.29. The van der Waals surface area contributed by atoms with Gasteiger partial charge in [0.05, 0.1) is 5.69 Å². The van der Waals surface area contributed by atoms with Crippen molar-refractivity contribution in [3.8, 4) is 0 Å². The van der Waals surface area contributed by atoms with E-state index in [1.807, 2.05) is 0 Å². The maximum atomic E-state index is 13.1. The number of rotatable bonds is 3. The van der Waals surface area contributed by atoms with Gasteiger partial charge in [0.15, 0.2) is 23.7 Å². The number of benzene rings is 1. The predicted molar refractivity (Wildman–Crippen MR) is 63.0 cm³/mol. The van der Waals surface area contributed by atoms with Crippen molar-refractivity contribution < 1.29 is 18.4 Å². The minimum absolute atomic E-state index is 0.00504. The fraction of sp³-hybridized carbons (Fsp3) is 0.0833. The van der Waals surface area contributed by atoms with Gasteiger partial charge in [-0.2, -0.15) is 5.10 Å². The summed E-state index contributed by atoms with van der Waals surface area (Å²) in [5, 5.41) is 8.42. The highest BCUT2D eigenvalue weighted by atomic mass is 19.2. The summed E-state index contributed by atoms with van der Waals surface area (Å²) < 4.78 is 26.0. The normalized spacial score (nSPS) is 10.3. The number of aromatic amines is 1. The number of amides is 1. The molecule has 0 bridgehead atoms. The molecule has 5 nitrogen and oxygen atoms in total. The van der Waals surface area contributed by atoms with E-state index >= 15 is 0 Å². The molecule has 1 amide bonds. The van der Waals surface area contributed by atoms with Crippen LogP contribution in [-0.4, -0.2) is 22.4 Å². The molecule has 0 fully saturated rings. The quantitative estimate of drug-likeness (QED) is 0.834. The number of hydrogen-bond acceptors (Lipinski definition) is 3. The number of hydrogen-bond donors (Lipinski definition) is 2. The number of anilines is 1. The zero-order valence-electron chi connectivity index (χ0n) is 9.83. The standard InChI is InChI=1S/C12H9F2N3O2/c1-6-2-9(13)10(14)4-8(6)12(19)15-11-3-7(5-18)16-17-11/h2-5H,1H3,(H2,15,16,17,19). The van der Waals surface area contributed by atoms with Gasteiger partial charge >= 0.3 is 0 Å². The van der Waals surface area contributed by atoms with Crippen molar-refractivity contribution in [3.63, 3.8) is 0 Å². The molecule has 0 spiro atoms. The summed E-state index contributed by atoms with van der Waals surface area (Å²) in [6.45, 7) is 1.48. The highest BCUT2D eigenvalue weighted by molar-refractivity contribution is 6.05. The van der Waals surface area contributed by atoms with Gasteiger partial charge in [-0.1, -0.05) is 0 Å². The molecule has 19 heavy (non-hydrogen) atoms. The summed E-state index contributed by atoms with van der Waals surface area (Å²) in [6, 6.07) is 3.07. The van der Waals surface area contributed by atoms with Gasteiger partial charge in [0.1, 0.15) is 0 Å². The molecule has 7 heteroatoms. The van der Waals surface area contributed by atoms with Crippen LogP contribution in [-0.2, 0) is 0 Å². The van der Waals surface area contributed by atoms with E-state index in [1.165, 1.54) is 13.0 Å². The summed E-state index contributed by atoms with van der Waals surface area (Å²) in [5.74, 6) is -2.64. The molecule has 1 heterocycles. The van der Waals surface area contributed by atoms with Gasteiger partial charge in [-0.05, 0) is 24.6 Å². The number of H-pyrrole nitrogens is 1. The zero-order chi connectivity index (χ0) is 14.0. The number of carbonyl (C=O) groups excluding carboxylic acids is 2. The van der Waals surface area contributed by atoms with E-state index in [2.05, 4.69) is 15.5 Å². The van der Waals surface area contributed by atoms with Crippen molar-refractivity contribution >= 4 is 18.0 Å². The van der Waals surface area contributed by atoms with E-state index < -0.39 is 17.5 Å². The molecule has 1 aromatic heterocycles. The van der Waals surface area contributed by atoms with Crippen LogP contribution in [0, 0.1) is 18.6 Å². The maximum Gasteiger partial charge on any atom is 0.257 e. The smallest absolute Gasteiger partial charge is 0.257 e. The first-order chi connectivity index (χ1) is 9.01. The first-order valence-corrected chi connectivity index (χ1v) is 5.29. The lowest BCUT2D eigenvalue weighted by atomic mass is 10.1. The second-order valence-electron chi connectivity index (χ2n) is 3.86. The molecule has 0 saturated heterocycles. The number of aldehydes is 1. The second-order valence-corrected chi connectivity index (χ2v) is 3.86. The maximum absolute atomic E-state index is 13.1. The van der Waals surface area contributed by atoms with Gasteiger partial charge in [0, 0.05) is 11.6 Å². The molecule has 2 N–H and O–H groups in total. The average Bonchev–Trinajstić information content (AvgIpc) is 2.81. The number of aromatic nitrogens is 2. The topological polar surface area (TPSA) is 74.8 Å². The Labute approximate surface area is 106 Å². The molecule has 0 saturated carbocycles. The third kappa shape index (κ3) is 2.65.